The average Bonchev–Trinajstić information content (AvgIpc) is 2.27. The molecule has 0 radical (unpaired) electrons. The molecule has 0 aliphatic rings. The average molecular weight is 236 g/mol. The summed E-state index contributed by atoms with van der Waals surface area (Å²) in [5.41, 5.74) is 1.04. The van der Waals surface area contributed by atoms with Crippen molar-refractivity contribution in [2.75, 3.05) is 7.11 Å². The lowest BCUT2D eigenvalue weighted by molar-refractivity contribution is -0.147. The number of carbonyl (C=O) groups is 1. The van der Waals surface area contributed by atoms with Gasteiger partial charge in [-0.25, -0.2) is 0 Å². The lowest BCUT2D eigenvalue weighted by Crippen LogP contribution is -2.14. The molecule has 0 heterocycles. The van der Waals surface area contributed by atoms with Crippen molar-refractivity contribution < 1.29 is 14.3 Å². The van der Waals surface area contributed by atoms with Crippen LogP contribution in [0.2, 0.25) is 0 Å². The van der Waals surface area contributed by atoms with Crippen LogP contribution in [0.5, 0.6) is 5.75 Å². The van der Waals surface area contributed by atoms with Crippen molar-refractivity contribution in [3.8, 4) is 5.75 Å². The van der Waals surface area contributed by atoms with E-state index in [1.807, 2.05) is 45.0 Å². The van der Waals surface area contributed by atoms with E-state index in [-0.39, 0.29) is 18.0 Å². The zero-order valence-electron chi connectivity index (χ0n) is 10.9. The van der Waals surface area contributed by atoms with E-state index in [9.17, 15) is 4.79 Å². The van der Waals surface area contributed by atoms with Crippen LogP contribution in [0.15, 0.2) is 24.3 Å². The molecule has 1 aromatic carbocycles. The highest BCUT2D eigenvalue weighted by atomic mass is 16.5. The number of carbonyl (C=O) groups excluding carboxylic acids is 1. The molecular weight excluding hydrogens is 216 g/mol. The highest BCUT2D eigenvalue weighted by Gasteiger charge is 2.16. The molecule has 0 unspecified atom stereocenters. The summed E-state index contributed by atoms with van der Waals surface area (Å²) in [6, 6.07) is 7.75. The van der Waals surface area contributed by atoms with Gasteiger partial charge >= 0.3 is 5.97 Å². The normalized spacial score (nSPS) is 12.3. The Hall–Kier alpha value is -1.51. The summed E-state index contributed by atoms with van der Waals surface area (Å²) >= 11 is 0. The highest BCUT2D eigenvalue weighted by molar-refractivity contribution is 5.70. The molecule has 0 bridgehead atoms. The first-order chi connectivity index (χ1) is 8.04. The van der Waals surface area contributed by atoms with Crippen LogP contribution in [0.3, 0.4) is 0 Å². The Bertz CT molecular complexity index is 371. The molecule has 17 heavy (non-hydrogen) atoms. The van der Waals surface area contributed by atoms with Crippen LogP contribution < -0.4 is 4.74 Å². The number of rotatable bonds is 5. The molecule has 0 saturated carbocycles. The van der Waals surface area contributed by atoms with Crippen LogP contribution in [-0.2, 0) is 9.53 Å². The van der Waals surface area contributed by atoms with Gasteiger partial charge in [-0.3, -0.25) is 4.79 Å². The van der Waals surface area contributed by atoms with Crippen molar-refractivity contribution >= 4 is 5.97 Å². The van der Waals surface area contributed by atoms with Gasteiger partial charge in [0.15, 0.2) is 0 Å². The highest BCUT2D eigenvalue weighted by Crippen LogP contribution is 2.28. The molecule has 0 fully saturated rings. The van der Waals surface area contributed by atoms with Crippen molar-refractivity contribution in [1.29, 1.82) is 0 Å². The Balaban J connectivity index is 2.69. The smallest absolute Gasteiger partial charge is 0.306 e. The maximum Gasteiger partial charge on any atom is 0.306 e. The SMILES string of the molecule is COc1ccccc1[C@H](C)CC(=O)OC(C)C. The predicted molar refractivity (Wildman–Crippen MR) is 67.3 cm³/mol. The van der Waals surface area contributed by atoms with Gasteiger partial charge in [-0.1, -0.05) is 25.1 Å². The minimum atomic E-state index is -0.168. The van der Waals surface area contributed by atoms with Gasteiger partial charge in [0.25, 0.3) is 0 Å². The second-order valence-electron chi connectivity index (χ2n) is 4.39. The van der Waals surface area contributed by atoms with Crippen LogP contribution in [0.25, 0.3) is 0 Å². The summed E-state index contributed by atoms with van der Waals surface area (Å²) in [6.07, 6.45) is 0.311. The first kappa shape index (κ1) is 13.6. The topological polar surface area (TPSA) is 35.5 Å². The lowest BCUT2D eigenvalue weighted by Gasteiger charge is -2.15. The fourth-order valence-electron chi connectivity index (χ4n) is 1.74. The molecule has 3 heteroatoms. The lowest BCUT2D eigenvalue weighted by atomic mass is 9.97. The fraction of sp³-hybridized carbons (Fsp3) is 0.500. The zero-order valence-corrected chi connectivity index (χ0v) is 10.9. The quantitative estimate of drug-likeness (QED) is 0.737. The number of hydrogen-bond donors (Lipinski definition) is 0. The third-order valence-electron chi connectivity index (χ3n) is 2.51. The van der Waals surface area contributed by atoms with Crippen LogP contribution >= 0.6 is 0 Å². The monoisotopic (exact) mass is 236 g/mol. The second-order valence-corrected chi connectivity index (χ2v) is 4.39. The Morgan fingerprint density at radius 3 is 2.47 bits per heavy atom. The van der Waals surface area contributed by atoms with Crippen LogP contribution in [0.4, 0.5) is 0 Å². The molecule has 0 saturated heterocycles. The zero-order chi connectivity index (χ0) is 12.8. The Morgan fingerprint density at radius 1 is 1.24 bits per heavy atom. The van der Waals surface area contributed by atoms with Gasteiger partial charge in [0.05, 0.1) is 19.6 Å². The molecule has 1 rings (SSSR count). The van der Waals surface area contributed by atoms with Crippen LogP contribution in [0.1, 0.15) is 38.7 Å². The predicted octanol–water partition coefficient (Wildman–Crippen LogP) is 3.14. The maximum atomic E-state index is 11.6. The minimum absolute atomic E-state index is 0.0626. The molecule has 1 atom stereocenters. The van der Waals surface area contributed by atoms with Crippen molar-refractivity contribution in [2.45, 2.75) is 39.2 Å². The van der Waals surface area contributed by atoms with E-state index in [0.29, 0.717) is 6.42 Å². The van der Waals surface area contributed by atoms with Crippen molar-refractivity contribution in [3.63, 3.8) is 0 Å². The molecule has 0 aliphatic carbocycles. The number of benzene rings is 1. The fourth-order valence-corrected chi connectivity index (χ4v) is 1.74. The first-order valence-corrected chi connectivity index (χ1v) is 5.87. The minimum Gasteiger partial charge on any atom is -0.496 e. The second kappa shape index (κ2) is 6.28. The molecular formula is C14H20O3. The summed E-state index contributed by atoms with van der Waals surface area (Å²) in [5, 5.41) is 0. The number of hydrogen-bond acceptors (Lipinski definition) is 3. The summed E-state index contributed by atoms with van der Waals surface area (Å²) in [5.74, 6) is 0.744. The summed E-state index contributed by atoms with van der Waals surface area (Å²) in [6.45, 7) is 5.71. The summed E-state index contributed by atoms with van der Waals surface area (Å²) in [7, 11) is 1.64. The largest absolute Gasteiger partial charge is 0.496 e. The molecule has 0 spiro atoms. The summed E-state index contributed by atoms with van der Waals surface area (Å²) in [4.78, 5) is 11.6. The van der Waals surface area contributed by atoms with Gasteiger partial charge in [-0.15, -0.1) is 0 Å². The molecule has 0 amide bonds. The third kappa shape index (κ3) is 4.10. The molecule has 0 aromatic heterocycles. The van der Waals surface area contributed by atoms with Crippen molar-refractivity contribution in [1.82, 2.24) is 0 Å². The number of methoxy groups -OCH3 is 1. The number of para-hydroxylation sites is 1. The van der Waals surface area contributed by atoms with E-state index in [1.54, 1.807) is 7.11 Å². The standard InChI is InChI=1S/C14H20O3/c1-10(2)17-14(15)9-11(3)12-7-5-6-8-13(12)16-4/h5-8,10-11H,9H2,1-4H3/t11-/m1/s1. The maximum absolute atomic E-state index is 11.6. The number of esters is 1. The van der Waals surface area contributed by atoms with Gasteiger partial charge in [0, 0.05) is 0 Å². The van der Waals surface area contributed by atoms with Crippen molar-refractivity contribution in [2.24, 2.45) is 0 Å². The molecule has 1 aromatic rings. The molecule has 0 aliphatic heterocycles. The third-order valence-corrected chi connectivity index (χ3v) is 2.51. The van der Waals surface area contributed by atoms with E-state index in [0.717, 1.165) is 11.3 Å². The van der Waals surface area contributed by atoms with E-state index < -0.39 is 0 Å². The van der Waals surface area contributed by atoms with E-state index in [4.69, 9.17) is 9.47 Å². The Morgan fingerprint density at radius 2 is 1.88 bits per heavy atom. The van der Waals surface area contributed by atoms with E-state index in [2.05, 4.69) is 0 Å². The van der Waals surface area contributed by atoms with Crippen molar-refractivity contribution in [3.05, 3.63) is 29.8 Å². The number of ether oxygens (including phenoxy) is 2. The van der Waals surface area contributed by atoms with Gasteiger partial charge in [0.2, 0.25) is 0 Å². The first-order valence-electron chi connectivity index (χ1n) is 5.87. The molecule has 3 nitrogen and oxygen atoms in total. The van der Waals surface area contributed by atoms with E-state index in [1.165, 1.54) is 0 Å². The Labute approximate surface area is 103 Å². The van der Waals surface area contributed by atoms with Gasteiger partial charge in [-0.05, 0) is 31.4 Å². The van der Waals surface area contributed by atoms with E-state index >= 15 is 0 Å². The van der Waals surface area contributed by atoms with Crippen LogP contribution in [0, 0.1) is 0 Å². The Kier molecular flexibility index (Phi) is 5.01. The van der Waals surface area contributed by atoms with Gasteiger partial charge in [0.1, 0.15) is 5.75 Å². The summed E-state index contributed by atoms with van der Waals surface area (Å²) < 4.78 is 10.4. The van der Waals surface area contributed by atoms with Gasteiger partial charge < -0.3 is 9.47 Å². The van der Waals surface area contributed by atoms with Crippen LogP contribution in [-0.4, -0.2) is 19.2 Å². The molecule has 0 N–H and O–H groups in total. The molecule has 94 valence electrons. The van der Waals surface area contributed by atoms with Gasteiger partial charge in [-0.2, -0.15) is 0 Å².